The van der Waals surface area contributed by atoms with Crippen molar-refractivity contribution in [2.24, 2.45) is 0 Å². The van der Waals surface area contributed by atoms with Crippen molar-refractivity contribution in [2.45, 2.75) is 18.6 Å². The number of aliphatic hydroxyl groups is 1. The van der Waals surface area contributed by atoms with E-state index in [1.165, 1.54) is 0 Å². The topological polar surface area (TPSA) is 84.3 Å². The van der Waals surface area contributed by atoms with Gasteiger partial charge in [0.1, 0.15) is 0 Å². The van der Waals surface area contributed by atoms with E-state index < -0.39 is 0 Å². The summed E-state index contributed by atoms with van der Waals surface area (Å²) in [5.74, 6) is 1.50. The molecule has 2 N–H and O–H groups in total. The average Bonchev–Trinajstić information content (AvgIpc) is 2.97. The van der Waals surface area contributed by atoms with Crippen LogP contribution in [0.3, 0.4) is 0 Å². The molecule has 0 aliphatic carbocycles. The van der Waals surface area contributed by atoms with Crippen LogP contribution in [0.1, 0.15) is 18.4 Å². The number of nitrogens with zero attached hydrogens (tertiary/aromatic N) is 2. The van der Waals surface area contributed by atoms with Crippen molar-refractivity contribution in [1.29, 1.82) is 0 Å². The molecule has 1 saturated heterocycles. The standard InChI is InChI=1S/C10H11N3O3/c14-6-4-7(11-5-6)10-12-9(13-16-10)8-2-1-3-15-8/h1-3,6-7,11,14H,4-5H2/t6-,7-/m1/s1. The van der Waals surface area contributed by atoms with Crippen LogP contribution in [-0.2, 0) is 0 Å². The number of furan rings is 1. The van der Waals surface area contributed by atoms with E-state index in [2.05, 4.69) is 15.5 Å². The predicted molar refractivity (Wildman–Crippen MR) is 53.4 cm³/mol. The Bertz CT molecular complexity index is 465. The van der Waals surface area contributed by atoms with Gasteiger partial charge in [0.2, 0.25) is 11.7 Å². The summed E-state index contributed by atoms with van der Waals surface area (Å²) in [5.41, 5.74) is 0. The molecule has 6 heteroatoms. The Kier molecular flexibility index (Phi) is 2.23. The van der Waals surface area contributed by atoms with Crippen molar-refractivity contribution in [3.05, 3.63) is 24.3 Å². The van der Waals surface area contributed by atoms with Gasteiger partial charge < -0.3 is 19.4 Å². The molecular weight excluding hydrogens is 210 g/mol. The summed E-state index contributed by atoms with van der Waals surface area (Å²) >= 11 is 0. The van der Waals surface area contributed by atoms with Crippen molar-refractivity contribution in [3.8, 4) is 11.6 Å². The van der Waals surface area contributed by atoms with Gasteiger partial charge in [0.05, 0.1) is 18.4 Å². The first kappa shape index (κ1) is 9.56. The quantitative estimate of drug-likeness (QED) is 0.777. The Balaban J connectivity index is 1.83. The maximum Gasteiger partial charge on any atom is 0.244 e. The van der Waals surface area contributed by atoms with Crippen molar-refractivity contribution in [3.63, 3.8) is 0 Å². The normalized spacial score (nSPS) is 25.1. The van der Waals surface area contributed by atoms with Crippen molar-refractivity contribution in [2.75, 3.05) is 6.54 Å². The number of aromatic nitrogens is 2. The zero-order valence-corrected chi connectivity index (χ0v) is 8.46. The van der Waals surface area contributed by atoms with Crippen LogP contribution < -0.4 is 5.32 Å². The molecule has 0 unspecified atom stereocenters. The summed E-state index contributed by atoms with van der Waals surface area (Å²) < 4.78 is 10.3. The lowest BCUT2D eigenvalue weighted by molar-refractivity contribution is 0.191. The number of nitrogens with one attached hydrogen (secondary N) is 1. The second-order valence-electron chi connectivity index (χ2n) is 3.78. The second kappa shape index (κ2) is 3.73. The highest BCUT2D eigenvalue weighted by atomic mass is 16.5. The van der Waals surface area contributed by atoms with Gasteiger partial charge in [-0.15, -0.1) is 0 Å². The van der Waals surface area contributed by atoms with Gasteiger partial charge >= 0.3 is 0 Å². The Morgan fingerprint density at radius 2 is 2.44 bits per heavy atom. The molecule has 84 valence electrons. The third-order valence-electron chi connectivity index (χ3n) is 2.59. The minimum Gasteiger partial charge on any atom is -0.461 e. The first-order valence-electron chi connectivity index (χ1n) is 5.12. The SMILES string of the molecule is O[C@H]1CN[C@@H](c2nc(-c3ccco3)no2)C1. The van der Waals surface area contributed by atoms with Crippen LogP contribution in [0.5, 0.6) is 0 Å². The average molecular weight is 221 g/mol. The van der Waals surface area contributed by atoms with E-state index in [1.54, 1.807) is 18.4 Å². The first-order valence-corrected chi connectivity index (χ1v) is 5.12. The van der Waals surface area contributed by atoms with Gasteiger partial charge in [-0.05, 0) is 18.6 Å². The van der Waals surface area contributed by atoms with Crippen LogP contribution in [0.15, 0.2) is 27.3 Å². The van der Waals surface area contributed by atoms with Crippen LogP contribution in [0.4, 0.5) is 0 Å². The van der Waals surface area contributed by atoms with E-state index in [-0.39, 0.29) is 12.1 Å². The van der Waals surface area contributed by atoms with Crippen molar-refractivity contribution in [1.82, 2.24) is 15.5 Å². The van der Waals surface area contributed by atoms with Gasteiger partial charge in [-0.3, -0.25) is 0 Å². The Hall–Kier alpha value is -1.66. The van der Waals surface area contributed by atoms with Crippen LogP contribution in [0.25, 0.3) is 11.6 Å². The zero-order valence-electron chi connectivity index (χ0n) is 8.46. The summed E-state index contributed by atoms with van der Waals surface area (Å²) in [6.45, 7) is 0.559. The molecule has 16 heavy (non-hydrogen) atoms. The monoisotopic (exact) mass is 221 g/mol. The highest BCUT2D eigenvalue weighted by Gasteiger charge is 2.28. The van der Waals surface area contributed by atoms with Gasteiger partial charge in [-0.2, -0.15) is 4.98 Å². The largest absolute Gasteiger partial charge is 0.461 e. The predicted octanol–water partition coefficient (Wildman–Crippen LogP) is 0.725. The summed E-state index contributed by atoms with van der Waals surface area (Å²) in [7, 11) is 0. The summed E-state index contributed by atoms with van der Waals surface area (Å²) in [4.78, 5) is 4.22. The van der Waals surface area contributed by atoms with Gasteiger partial charge in [0.15, 0.2) is 5.76 Å². The third kappa shape index (κ3) is 1.62. The van der Waals surface area contributed by atoms with Gasteiger partial charge in [-0.1, -0.05) is 5.16 Å². The van der Waals surface area contributed by atoms with Crippen LogP contribution in [-0.4, -0.2) is 27.9 Å². The molecule has 2 atom stereocenters. The van der Waals surface area contributed by atoms with E-state index >= 15 is 0 Å². The Morgan fingerprint density at radius 1 is 1.50 bits per heavy atom. The lowest BCUT2D eigenvalue weighted by atomic mass is 10.2. The fourth-order valence-electron chi connectivity index (χ4n) is 1.79. The smallest absolute Gasteiger partial charge is 0.244 e. The zero-order chi connectivity index (χ0) is 11.0. The highest BCUT2D eigenvalue weighted by molar-refractivity contribution is 5.44. The number of rotatable bonds is 2. The number of hydrogen-bond acceptors (Lipinski definition) is 6. The third-order valence-corrected chi connectivity index (χ3v) is 2.59. The van der Waals surface area contributed by atoms with Gasteiger partial charge in [0.25, 0.3) is 0 Å². The fourth-order valence-corrected chi connectivity index (χ4v) is 1.79. The molecule has 1 aliphatic heterocycles. The van der Waals surface area contributed by atoms with E-state index in [9.17, 15) is 5.11 Å². The maximum atomic E-state index is 9.38. The molecule has 2 aromatic rings. The summed E-state index contributed by atoms with van der Waals surface area (Å²) in [6.07, 6.45) is 1.81. The molecule has 0 radical (unpaired) electrons. The van der Waals surface area contributed by atoms with Crippen molar-refractivity contribution < 1.29 is 14.0 Å². The fraction of sp³-hybridized carbons (Fsp3) is 0.400. The number of β-amino-alcohol motifs (C(OH)–C–C–N with tert-alkyl or cyclic N) is 1. The lowest BCUT2D eigenvalue weighted by Gasteiger charge is -2.01. The molecular formula is C10H11N3O3. The summed E-state index contributed by atoms with van der Waals surface area (Å²) in [5, 5.41) is 16.3. The highest BCUT2D eigenvalue weighted by Crippen LogP contribution is 2.24. The van der Waals surface area contributed by atoms with Gasteiger partial charge in [0, 0.05) is 6.54 Å². The van der Waals surface area contributed by atoms with E-state index in [1.807, 2.05) is 0 Å². The van der Waals surface area contributed by atoms with Crippen LogP contribution >= 0.6 is 0 Å². The Morgan fingerprint density at radius 3 is 3.12 bits per heavy atom. The molecule has 2 aromatic heterocycles. The molecule has 3 rings (SSSR count). The molecule has 0 bridgehead atoms. The van der Waals surface area contributed by atoms with Crippen LogP contribution in [0, 0.1) is 0 Å². The maximum absolute atomic E-state index is 9.38. The molecule has 3 heterocycles. The summed E-state index contributed by atoms with van der Waals surface area (Å²) in [6, 6.07) is 3.47. The Labute approximate surface area is 91.3 Å². The minimum absolute atomic E-state index is 0.0637. The minimum atomic E-state index is -0.344. The van der Waals surface area contributed by atoms with Gasteiger partial charge in [-0.25, -0.2) is 0 Å². The molecule has 1 aliphatic rings. The number of hydrogen-bond donors (Lipinski definition) is 2. The molecule has 1 fully saturated rings. The molecule has 0 spiro atoms. The van der Waals surface area contributed by atoms with Crippen molar-refractivity contribution >= 4 is 0 Å². The lowest BCUT2D eigenvalue weighted by Crippen LogP contribution is -2.15. The molecule has 0 saturated carbocycles. The molecule has 0 aromatic carbocycles. The van der Waals surface area contributed by atoms with E-state index in [4.69, 9.17) is 8.94 Å². The van der Waals surface area contributed by atoms with E-state index in [0.717, 1.165) is 0 Å². The second-order valence-corrected chi connectivity index (χ2v) is 3.78. The molecule has 0 amide bonds. The van der Waals surface area contributed by atoms with E-state index in [0.29, 0.717) is 30.4 Å². The van der Waals surface area contributed by atoms with Crippen LogP contribution in [0.2, 0.25) is 0 Å². The number of aliphatic hydroxyl groups excluding tert-OH is 1. The first-order chi connectivity index (χ1) is 7.83. The molecule has 6 nitrogen and oxygen atoms in total.